The van der Waals surface area contributed by atoms with E-state index in [1.807, 2.05) is 42.3 Å². The van der Waals surface area contributed by atoms with Crippen molar-refractivity contribution in [1.82, 2.24) is 10.2 Å². The lowest BCUT2D eigenvalue weighted by atomic mass is 10.2. The zero-order chi connectivity index (χ0) is 12.5. The Kier molecular flexibility index (Phi) is 2.80. The molecule has 4 nitrogen and oxygen atoms in total. The predicted molar refractivity (Wildman–Crippen MR) is 69.6 cm³/mol. The molecule has 2 heterocycles. The lowest BCUT2D eigenvalue weighted by molar-refractivity contribution is 0.0760. The third-order valence-corrected chi connectivity index (χ3v) is 3.52. The number of benzene rings is 1. The first-order chi connectivity index (χ1) is 8.78. The molecule has 1 N–H and O–H groups in total. The van der Waals surface area contributed by atoms with Crippen LogP contribution in [0.3, 0.4) is 0 Å². The van der Waals surface area contributed by atoms with Crippen molar-refractivity contribution in [1.29, 1.82) is 0 Å². The van der Waals surface area contributed by atoms with Crippen LogP contribution < -0.4 is 5.32 Å². The minimum absolute atomic E-state index is 0.0102. The van der Waals surface area contributed by atoms with Gasteiger partial charge in [-0.25, -0.2) is 0 Å². The van der Waals surface area contributed by atoms with Crippen LogP contribution in [0.4, 0.5) is 0 Å². The SMILES string of the molecule is CNC1CCN(C(=O)c2cc3ccccc3o2)C1. The van der Waals surface area contributed by atoms with E-state index in [0.29, 0.717) is 11.8 Å². The molecule has 1 aliphatic rings. The molecule has 1 saturated heterocycles. The summed E-state index contributed by atoms with van der Waals surface area (Å²) in [5.74, 6) is 0.428. The van der Waals surface area contributed by atoms with Crippen molar-refractivity contribution in [3.63, 3.8) is 0 Å². The standard InChI is InChI=1S/C14H16N2O2/c1-15-11-6-7-16(9-11)14(17)13-8-10-4-2-3-5-12(10)18-13/h2-5,8,11,15H,6-7,9H2,1H3. The fraction of sp³-hybridized carbons (Fsp3) is 0.357. The summed E-state index contributed by atoms with van der Waals surface area (Å²) in [6, 6.07) is 9.91. The fourth-order valence-corrected chi connectivity index (χ4v) is 2.42. The highest BCUT2D eigenvalue weighted by molar-refractivity contribution is 5.96. The van der Waals surface area contributed by atoms with Crippen molar-refractivity contribution < 1.29 is 9.21 Å². The second-order valence-electron chi connectivity index (χ2n) is 4.67. The number of nitrogens with one attached hydrogen (secondary N) is 1. The number of furan rings is 1. The topological polar surface area (TPSA) is 45.5 Å². The Hall–Kier alpha value is -1.81. The molecule has 4 heteroatoms. The second kappa shape index (κ2) is 4.46. The summed E-state index contributed by atoms with van der Waals surface area (Å²) in [5.41, 5.74) is 0.769. The molecule has 1 aromatic carbocycles. The summed E-state index contributed by atoms with van der Waals surface area (Å²) in [6.07, 6.45) is 1.00. The molecule has 1 unspecified atom stereocenters. The van der Waals surface area contributed by atoms with Gasteiger partial charge in [0.25, 0.3) is 5.91 Å². The van der Waals surface area contributed by atoms with Crippen LogP contribution in [0, 0.1) is 0 Å². The number of amides is 1. The molecule has 1 aliphatic heterocycles. The molecule has 0 spiro atoms. The second-order valence-corrected chi connectivity index (χ2v) is 4.67. The van der Waals surface area contributed by atoms with Crippen LogP contribution >= 0.6 is 0 Å². The van der Waals surface area contributed by atoms with Crippen molar-refractivity contribution in [2.24, 2.45) is 0 Å². The number of hydrogen-bond donors (Lipinski definition) is 1. The predicted octanol–water partition coefficient (Wildman–Crippen LogP) is 1.87. The molecule has 1 aromatic heterocycles. The Morgan fingerprint density at radius 2 is 2.28 bits per heavy atom. The lowest BCUT2D eigenvalue weighted by Gasteiger charge is -2.14. The van der Waals surface area contributed by atoms with E-state index >= 15 is 0 Å². The normalized spacial score (nSPS) is 19.6. The molecule has 0 aliphatic carbocycles. The van der Waals surface area contributed by atoms with Crippen LogP contribution in [-0.4, -0.2) is 37.0 Å². The van der Waals surface area contributed by atoms with Crippen LogP contribution in [0.15, 0.2) is 34.7 Å². The maximum Gasteiger partial charge on any atom is 0.289 e. The summed E-state index contributed by atoms with van der Waals surface area (Å²) in [7, 11) is 1.93. The molecule has 94 valence electrons. The number of rotatable bonds is 2. The number of para-hydroxylation sites is 1. The van der Waals surface area contributed by atoms with Crippen LogP contribution in [0.1, 0.15) is 17.0 Å². The highest BCUT2D eigenvalue weighted by Crippen LogP contribution is 2.21. The largest absolute Gasteiger partial charge is 0.451 e. The Balaban J connectivity index is 1.84. The smallest absolute Gasteiger partial charge is 0.289 e. The number of fused-ring (bicyclic) bond motifs is 1. The van der Waals surface area contributed by atoms with Crippen LogP contribution in [0.2, 0.25) is 0 Å². The van der Waals surface area contributed by atoms with Gasteiger partial charge in [0.1, 0.15) is 5.58 Å². The molecule has 0 bridgehead atoms. The van der Waals surface area contributed by atoms with E-state index in [-0.39, 0.29) is 5.91 Å². The van der Waals surface area contributed by atoms with Gasteiger partial charge in [-0.05, 0) is 25.6 Å². The van der Waals surface area contributed by atoms with Crippen molar-refractivity contribution in [3.05, 3.63) is 36.1 Å². The third kappa shape index (κ3) is 1.88. The highest BCUT2D eigenvalue weighted by atomic mass is 16.3. The van der Waals surface area contributed by atoms with Crippen molar-refractivity contribution in [2.45, 2.75) is 12.5 Å². The number of carbonyl (C=O) groups is 1. The summed E-state index contributed by atoms with van der Waals surface area (Å²) in [6.45, 7) is 1.55. The molecular weight excluding hydrogens is 228 g/mol. The van der Waals surface area contributed by atoms with Gasteiger partial charge in [-0.3, -0.25) is 4.79 Å². The molecule has 0 saturated carbocycles. The minimum Gasteiger partial charge on any atom is -0.451 e. The van der Waals surface area contributed by atoms with Gasteiger partial charge in [0.15, 0.2) is 5.76 Å². The van der Waals surface area contributed by atoms with Gasteiger partial charge in [0, 0.05) is 24.5 Å². The van der Waals surface area contributed by atoms with E-state index in [1.54, 1.807) is 0 Å². The number of likely N-dealkylation sites (tertiary alicyclic amines) is 1. The number of likely N-dealkylation sites (N-methyl/N-ethyl adjacent to an activating group) is 1. The Morgan fingerprint density at radius 3 is 3.00 bits per heavy atom. The van der Waals surface area contributed by atoms with Crippen LogP contribution in [0.5, 0.6) is 0 Å². The quantitative estimate of drug-likeness (QED) is 0.877. The first-order valence-corrected chi connectivity index (χ1v) is 6.23. The van der Waals surface area contributed by atoms with Gasteiger partial charge in [-0.2, -0.15) is 0 Å². The number of carbonyl (C=O) groups excluding carboxylic acids is 1. The van der Waals surface area contributed by atoms with E-state index in [1.165, 1.54) is 0 Å². The molecular formula is C14H16N2O2. The van der Waals surface area contributed by atoms with E-state index in [9.17, 15) is 4.79 Å². The molecule has 1 fully saturated rings. The van der Waals surface area contributed by atoms with Gasteiger partial charge in [-0.1, -0.05) is 18.2 Å². The minimum atomic E-state index is -0.0102. The van der Waals surface area contributed by atoms with Crippen molar-refractivity contribution >= 4 is 16.9 Å². The van der Waals surface area contributed by atoms with E-state index in [4.69, 9.17) is 4.42 Å². The monoisotopic (exact) mass is 244 g/mol. The molecule has 1 amide bonds. The molecule has 1 atom stereocenters. The Labute approximate surface area is 106 Å². The van der Waals surface area contributed by atoms with Gasteiger partial charge in [0.05, 0.1) is 0 Å². The maximum atomic E-state index is 12.3. The Morgan fingerprint density at radius 1 is 1.44 bits per heavy atom. The van der Waals surface area contributed by atoms with Gasteiger partial charge < -0.3 is 14.6 Å². The van der Waals surface area contributed by atoms with Crippen LogP contribution in [-0.2, 0) is 0 Å². The average molecular weight is 244 g/mol. The molecule has 0 radical (unpaired) electrons. The molecule has 2 aromatic rings. The maximum absolute atomic E-state index is 12.3. The van der Waals surface area contributed by atoms with Gasteiger partial charge in [-0.15, -0.1) is 0 Å². The summed E-state index contributed by atoms with van der Waals surface area (Å²) in [5, 5.41) is 4.18. The number of hydrogen-bond acceptors (Lipinski definition) is 3. The van der Waals surface area contributed by atoms with Gasteiger partial charge in [0.2, 0.25) is 0 Å². The summed E-state index contributed by atoms with van der Waals surface area (Å²) < 4.78 is 5.60. The molecule has 18 heavy (non-hydrogen) atoms. The number of nitrogens with zero attached hydrogens (tertiary/aromatic N) is 1. The third-order valence-electron chi connectivity index (χ3n) is 3.52. The zero-order valence-corrected chi connectivity index (χ0v) is 10.3. The summed E-state index contributed by atoms with van der Waals surface area (Å²) >= 11 is 0. The average Bonchev–Trinajstić information content (AvgIpc) is 3.04. The first-order valence-electron chi connectivity index (χ1n) is 6.23. The van der Waals surface area contributed by atoms with E-state index in [0.717, 1.165) is 30.5 Å². The van der Waals surface area contributed by atoms with Crippen molar-refractivity contribution in [3.8, 4) is 0 Å². The first kappa shape index (κ1) is 11.3. The van der Waals surface area contributed by atoms with Crippen molar-refractivity contribution in [2.75, 3.05) is 20.1 Å². The van der Waals surface area contributed by atoms with Crippen LogP contribution in [0.25, 0.3) is 11.0 Å². The summed E-state index contributed by atoms with van der Waals surface area (Å²) in [4.78, 5) is 14.1. The Bertz CT molecular complexity index is 543. The van der Waals surface area contributed by atoms with E-state index < -0.39 is 0 Å². The van der Waals surface area contributed by atoms with Gasteiger partial charge >= 0.3 is 0 Å². The zero-order valence-electron chi connectivity index (χ0n) is 10.3. The fourth-order valence-electron chi connectivity index (χ4n) is 2.42. The lowest BCUT2D eigenvalue weighted by Crippen LogP contribution is -2.33. The van der Waals surface area contributed by atoms with E-state index in [2.05, 4.69) is 5.32 Å². The highest BCUT2D eigenvalue weighted by Gasteiger charge is 2.27. The molecule has 3 rings (SSSR count).